The van der Waals surface area contributed by atoms with Gasteiger partial charge < -0.3 is 10.6 Å². The van der Waals surface area contributed by atoms with Crippen molar-refractivity contribution in [3.8, 4) is 0 Å². The smallest absolute Gasteiger partial charge is 0.270 e. The zero-order chi connectivity index (χ0) is 22.7. The number of benzene rings is 2. The van der Waals surface area contributed by atoms with Crippen LogP contribution < -0.4 is 10.6 Å². The molecule has 0 aliphatic carbocycles. The van der Waals surface area contributed by atoms with Crippen molar-refractivity contribution in [2.24, 2.45) is 0 Å². The molecule has 0 atom stereocenters. The van der Waals surface area contributed by atoms with Crippen molar-refractivity contribution in [1.82, 2.24) is 15.5 Å². The lowest BCUT2D eigenvalue weighted by Crippen LogP contribution is -2.42. The van der Waals surface area contributed by atoms with E-state index in [4.69, 9.17) is 0 Å². The number of carbonyl (C=O) groups excluding carboxylic acids is 4. The van der Waals surface area contributed by atoms with Crippen LogP contribution in [0, 0.1) is 24.0 Å². The van der Waals surface area contributed by atoms with Crippen molar-refractivity contribution in [2.75, 3.05) is 19.6 Å². The fourth-order valence-corrected chi connectivity index (χ4v) is 3.10. The second-order valence-corrected chi connectivity index (χ2v) is 7.09. The van der Waals surface area contributed by atoms with Gasteiger partial charge in [-0.05, 0) is 43.2 Å². The van der Waals surface area contributed by atoms with Crippen LogP contribution in [0.3, 0.4) is 0 Å². The number of nitro groups is 1. The molecule has 0 radical (unpaired) electrons. The van der Waals surface area contributed by atoms with Gasteiger partial charge in [0.25, 0.3) is 23.4 Å². The van der Waals surface area contributed by atoms with Crippen molar-refractivity contribution in [1.29, 1.82) is 0 Å². The molecule has 1 aliphatic heterocycles. The molecule has 0 spiro atoms. The van der Waals surface area contributed by atoms with Gasteiger partial charge in [0.2, 0.25) is 5.91 Å². The highest BCUT2D eigenvalue weighted by Crippen LogP contribution is 2.26. The highest BCUT2D eigenvalue weighted by atomic mass is 16.6. The Morgan fingerprint density at radius 3 is 2.29 bits per heavy atom. The Labute approximate surface area is 177 Å². The summed E-state index contributed by atoms with van der Waals surface area (Å²) in [6.45, 7) is 3.59. The maximum atomic E-state index is 12.4. The Morgan fingerprint density at radius 2 is 1.61 bits per heavy atom. The number of carbonyl (C=O) groups is 4. The number of hydrogen-bond acceptors (Lipinski definition) is 6. The van der Waals surface area contributed by atoms with Crippen LogP contribution in [-0.2, 0) is 4.79 Å². The van der Waals surface area contributed by atoms with Crippen LogP contribution in [0.2, 0.25) is 0 Å². The molecule has 160 valence electrons. The maximum absolute atomic E-state index is 12.4. The number of nitrogens with one attached hydrogen (secondary N) is 2. The Bertz CT molecular complexity index is 1110. The summed E-state index contributed by atoms with van der Waals surface area (Å²) in [6.07, 6.45) is 0. The SMILES string of the molecule is Cc1ccc(C(=O)NCCNC(=O)CN2C(=O)c3ccc([N+](=O)[O-])cc3C2=O)cc1C. The van der Waals surface area contributed by atoms with Gasteiger partial charge in [-0.2, -0.15) is 0 Å². The fraction of sp³-hybridized carbons (Fsp3) is 0.238. The summed E-state index contributed by atoms with van der Waals surface area (Å²) in [4.78, 5) is 60.0. The summed E-state index contributed by atoms with van der Waals surface area (Å²) in [5.74, 6) is -2.32. The van der Waals surface area contributed by atoms with Crippen LogP contribution in [0.4, 0.5) is 5.69 Å². The average Bonchev–Trinajstić information content (AvgIpc) is 2.97. The molecule has 2 aromatic rings. The minimum Gasteiger partial charge on any atom is -0.353 e. The molecule has 2 N–H and O–H groups in total. The Kier molecular flexibility index (Phi) is 6.10. The van der Waals surface area contributed by atoms with Crippen LogP contribution >= 0.6 is 0 Å². The third-order valence-corrected chi connectivity index (χ3v) is 4.97. The molecular formula is C21H20N4O6. The van der Waals surface area contributed by atoms with Crippen molar-refractivity contribution in [2.45, 2.75) is 13.8 Å². The predicted molar refractivity (Wildman–Crippen MR) is 110 cm³/mol. The van der Waals surface area contributed by atoms with E-state index >= 15 is 0 Å². The van der Waals surface area contributed by atoms with E-state index in [1.807, 2.05) is 19.9 Å². The predicted octanol–water partition coefficient (Wildman–Crippen LogP) is 1.35. The molecule has 10 heteroatoms. The van der Waals surface area contributed by atoms with E-state index in [-0.39, 0.29) is 35.8 Å². The second kappa shape index (κ2) is 8.74. The number of nitro benzene ring substituents is 1. The van der Waals surface area contributed by atoms with E-state index in [0.717, 1.165) is 28.2 Å². The largest absolute Gasteiger partial charge is 0.353 e. The van der Waals surface area contributed by atoms with Crippen LogP contribution in [-0.4, -0.2) is 53.1 Å². The van der Waals surface area contributed by atoms with Crippen molar-refractivity contribution in [3.63, 3.8) is 0 Å². The van der Waals surface area contributed by atoms with Crippen LogP contribution in [0.1, 0.15) is 42.2 Å². The number of imide groups is 1. The van der Waals surface area contributed by atoms with Gasteiger partial charge in [0, 0.05) is 30.8 Å². The molecule has 0 saturated carbocycles. The quantitative estimate of drug-likeness (QED) is 0.298. The van der Waals surface area contributed by atoms with Crippen LogP contribution in [0.15, 0.2) is 36.4 Å². The maximum Gasteiger partial charge on any atom is 0.270 e. The summed E-state index contributed by atoms with van der Waals surface area (Å²) >= 11 is 0. The lowest BCUT2D eigenvalue weighted by atomic mass is 10.1. The number of amides is 4. The van der Waals surface area contributed by atoms with Crippen molar-refractivity contribution in [3.05, 3.63) is 74.3 Å². The molecule has 31 heavy (non-hydrogen) atoms. The molecule has 0 bridgehead atoms. The first-order chi connectivity index (χ1) is 14.7. The van der Waals surface area contributed by atoms with E-state index < -0.39 is 29.2 Å². The highest BCUT2D eigenvalue weighted by Gasteiger charge is 2.37. The van der Waals surface area contributed by atoms with Crippen molar-refractivity contribution >= 4 is 29.3 Å². The molecule has 0 unspecified atom stereocenters. The molecule has 2 aromatic carbocycles. The monoisotopic (exact) mass is 424 g/mol. The minimum atomic E-state index is -0.762. The van der Waals surface area contributed by atoms with E-state index in [2.05, 4.69) is 10.6 Å². The molecular weight excluding hydrogens is 404 g/mol. The van der Waals surface area contributed by atoms with Crippen LogP contribution in [0.25, 0.3) is 0 Å². The third-order valence-electron chi connectivity index (χ3n) is 4.97. The lowest BCUT2D eigenvalue weighted by Gasteiger charge is -2.14. The van der Waals surface area contributed by atoms with E-state index in [1.54, 1.807) is 12.1 Å². The van der Waals surface area contributed by atoms with Crippen LogP contribution in [0.5, 0.6) is 0 Å². The first kappa shape index (κ1) is 21.6. The minimum absolute atomic E-state index is 0.0176. The Hall–Kier alpha value is -4.08. The molecule has 1 aliphatic rings. The number of non-ortho nitro benzene ring substituents is 1. The van der Waals surface area contributed by atoms with Gasteiger partial charge in [-0.15, -0.1) is 0 Å². The van der Waals surface area contributed by atoms with Gasteiger partial charge >= 0.3 is 0 Å². The molecule has 0 saturated heterocycles. The van der Waals surface area contributed by atoms with Gasteiger partial charge in [-0.25, -0.2) is 0 Å². The fourth-order valence-electron chi connectivity index (χ4n) is 3.10. The zero-order valence-corrected chi connectivity index (χ0v) is 16.9. The Morgan fingerprint density at radius 1 is 0.935 bits per heavy atom. The zero-order valence-electron chi connectivity index (χ0n) is 16.9. The highest BCUT2D eigenvalue weighted by molar-refractivity contribution is 6.22. The van der Waals surface area contributed by atoms with Gasteiger partial charge in [-0.3, -0.25) is 34.2 Å². The molecule has 0 aromatic heterocycles. The first-order valence-corrected chi connectivity index (χ1v) is 9.46. The number of hydrogen-bond donors (Lipinski definition) is 2. The van der Waals surface area contributed by atoms with Gasteiger partial charge in [0.1, 0.15) is 6.54 Å². The van der Waals surface area contributed by atoms with E-state index in [9.17, 15) is 29.3 Å². The third kappa shape index (κ3) is 4.58. The topological polar surface area (TPSA) is 139 Å². The normalized spacial score (nSPS) is 12.5. The number of aryl methyl sites for hydroxylation is 2. The summed E-state index contributed by atoms with van der Waals surface area (Å²) in [5, 5.41) is 16.1. The first-order valence-electron chi connectivity index (χ1n) is 9.46. The summed E-state index contributed by atoms with van der Waals surface area (Å²) in [5.41, 5.74) is 2.18. The molecule has 0 fully saturated rings. The van der Waals surface area contributed by atoms with Gasteiger partial charge in [0.05, 0.1) is 16.1 Å². The standard InChI is InChI=1S/C21H20N4O6/c1-12-3-4-14(9-13(12)2)19(27)23-8-7-22-18(26)11-24-20(28)16-6-5-15(25(30)31)10-17(16)21(24)29/h3-6,9-10H,7-8,11H2,1-2H3,(H,22,26)(H,23,27). The number of fused-ring (bicyclic) bond motifs is 1. The number of rotatable bonds is 7. The lowest BCUT2D eigenvalue weighted by molar-refractivity contribution is -0.384. The van der Waals surface area contributed by atoms with E-state index in [0.29, 0.717) is 5.56 Å². The van der Waals surface area contributed by atoms with Gasteiger partial charge in [-0.1, -0.05) is 6.07 Å². The second-order valence-electron chi connectivity index (χ2n) is 7.09. The van der Waals surface area contributed by atoms with Gasteiger partial charge in [0.15, 0.2) is 0 Å². The molecule has 1 heterocycles. The molecule has 4 amide bonds. The Balaban J connectivity index is 1.50. The molecule has 3 rings (SSSR count). The van der Waals surface area contributed by atoms with E-state index in [1.165, 1.54) is 6.07 Å². The summed E-state index contributed by atoms with van der Waals surface area (Å²) in [7, 11) is 0. The number of nitrogens with zero attached hydrogens (tertiary/aromatic N) is 2. The van der Waals surface area contributed by atoms with Crippen molar-refractivity contribution < 1.29 is 24.1 Å². The molecule has 10 nitrogen and oxygen atoms in total. The summed E-state index contributed by atoms with van der Waals surface area (Å²) < 4.78 is 0. The summed E-state index contributed by atoms with van der Waals surface area (Å²) in [6, 6.07) is 8.69. The average molecular weight is 424 g/mol.